The molecule has 0 spiro atoms. The Morgan fingerprint density at radius 3 is 2.31 bits per heavy atom. The van der Waals surface area contributed by atoms with Crippen LogP contribution >= 0.6 is 0 Å². The number of nitrogens with one attached hydrogen (secondary N) is 1. The highest BCUT2D eigenvalue weighted by Gasteiger charge is 2.16. The van der Waals surface area contributed by atoms with Crippen LogP contribution in [0.2, 0.25) is 0 Å². The molecule has 3 nitrogen and oxygen atoms in total. The fraction of sp³-hybridized carbons (Fsp3) is 0.462. The van der Waals surface area contributed by atoms with Gasteiger partial charge in [-0.2, -0.15) is 0 Å². The molecule has 1 unspecified atom stereocenters. The lowest BCUT2D eigenvalue weighted by molar-refractivity contribution is -0.120. The van der Waals surface area contributed by atoms with Crippen molar-refractivity contribution in [2.45, 2.75) is 26.8 Å². The average molecular weight is 220 g/mol. The minimum absolute atomic E-state index is 0.329. The first-order valence-electron chi connectivity index (χ1n) is 5.60. The number of hydrogen-bond donors (Lipinski definition) is 2. The van der Waals surface area contributed by atoms with Crippen molar-refractivity contribution in [3.8, 4) is 0 Å². The molecule has 0 radical (unpaired) electrons. The largest absolute Gasteiger partial charge is 0.368 e. The van der Waals surface area contributed by atoms with E-state index in [1.807, 2.05) is 31.2 Å². The van der Waals surface area contributed by atoms with E-state index in [2.05, 4.69) is 19.2 Å². The maximum Gasteiger partial charge on any atom is 0.239 e. The number of carbonyl (C=O) groups is 1. The first kappa shape index (κ1) is 12.7. The molecule has 0 heterocycles. The highest BCUT2D eigenvalue weighted by Crippen LogP contribution is 2.13. The summed E-state index contributed by atoms with van der Waals surface area (Å²) in [6.45, 7) is 6.99. The molecule has 0 aliphatic heterocycles. The molecule has 0 fully saturated rings. The molecular weight excluding hydrogens is 200 g/mol. The van der Waals surface area contributed by atoms with Gasteiger partial charge in [0.25, 0.3) is 0 Å². The first-order chi connectivity index (χ1) is 7.50. The van der Waals surface area contributed by atoms with E-state index >= 15 is 0 Å². The zero-order valence-electron chi connectivity index (χ0n) is 10.2. The average Bonchev–Trinajstić information content (AvgIpc) is 2.20. The predicted octanol–water partition coefficient (Wildman–Crippen LogP) is 1.77. The van der Waals surface area contributed by atoms with Gasteiger partial charge in [0.2, 0.25) is 5.91 Å². The van der Waals surface area contributed by atoms with Crippen molar-refractivity contribution in [3.05, 3.63) is 35.4 Å². The van der Waals surface area contributed by atoms with Crippen molar-refractivity contribution in [1.29, 1.82) is 0 Å². The quantitative estimate of drug-likeness (QED) is 0.794. The summed E-state index contributed by atoms with van der Waals surface area (Å²) in [5, 5.41) is 3.18. The summed E-state index contributed by atoms with van der Waals surface area (Å²) in [5.41, 5.74) is 7.50. The molecule has 0 aromatic heterocycles. The van der Waals surface area contributed by atoms with Crippen molar-refractivity contribution >= 4 is 5.91 Å². The van der Waals surface area contributed by atoms with Crippen molar-refractivity contribution < 1.29 is 4.79 Å². The van der Waals surface area contributed by atoms with Crippen molar-refractivity contribution in [1.82, 2.24) is 5.32 Å². The molecule has 0 bridgehead atoms. The molecule has 1 aromatic rings. The lowest BCUT2D eigenvalue weighted by Gasteiger charge is -2.17. The molecule has 0 aliphatic rings. The van der Waals surface area contributed by atoms with Gasteiger partial charge in [0.15, 0.2) is 0 Å². The normalized spacial score (nSPS) is 12.8. The van der Waals surface area contributed by atoms with E-state index in [-0.39, 0.29) is 11.9 Å². The van der Waals surface area contributed by atoms with Crippen LogP contribution in [0.1, 0.15) is 31.0 Å². The molecule has 3 heteroatoms. The second kappa shape index (κ2) is 5.66. The highest BCUT2D eigenvalue weighted by molar-refractivity contribution is 5.81. The van der Waals surface area contributed by atoms with Crippen LogP contribution in [-0.4, -0.2) is 12.5 Å². The van der Waals surface area contributed by atoms with Gasteiger partial charge >= 0.3 is 0 Å². The topological polar surface area (TPSA) is 55.1 Å². The standard InChI is InChI=1S/C13H20N2O/c1-9(2)8-15-12(13(14)16)11-6-4-10(3)5-7-11/h4-7,9,12,15H,8H2,1-3H3,(H2,14,16). The van der Waals surface area contributed by atoms with Crippen LogP contribution in [0.4, 0.5) is 0 Å². The van der Waals surface area contributed by atoms with Crippen LogP contribution in [0.25, 0.3) is 0 Å². The number of aryl methyl sites for hydroxylation is 1. The van der Waals surface area contributed by atoms with Gasteiger partial charge in [0.1, 0.15) is 6.04 Å². The van der Waals surface area contributed by atoms with Gasteiger partial charge in [-0.1, -0.05) is 43.7 Å². The summed E-state index contributed by atoms with van der Waals surface area (Å²) < 4.78 is 0. The molecule has 16 heavy (non-hydrogen) atoms. The first-order valence-corrected chi connectivity index (χ1v) is 5.60. The fourth-order valence-corrected chi connectivity index (χ4v) is 1.50. The molecule has 0 saturated heterocycles. The Bertz CT molecular complexity index is 343. The van der Waals surface area contributed by atoms with Gasteiger partial charge in [0, 0.05) is 0 Å². The minimum atomic E-state index is -0.386. The lowest BCUT2D eigenvalue weighted by atomic mass is 10.0. The number of primary amides is 1. The lowest BCUT2D eigenvalue weighted by Crippen LogP contribution is -2.35. The van der Waals surface area contributed by atoms with Crippen LogP contribution in [0, 0.1) is 12.8 Å². The van der Waals surface area contributed by atoms with Gasteiger partial charge < -0.3 is 11.1 Å². The Morgan fingerprint density at radius 1 is 1.31 bits per heavy atom. The Morgan fingerprint density at radius 2 is 1.88 bits per heavy atom. The second-order valence-corrected chi connectivity index (χ2v) is 4.55. The third-order valence-electron chi connectivity index (χ3n) is 2.43. The van der Waals surface area contributed by atoms with E-state index in [4.69, 9.17) is 5.73 Å². The van der Waals surface area contributed by atoms with Crippen LogP contribution in [0.15, 0.2) is 24.3 Å². The smallest absolute Gasteiger partial charge is 0.239 e. The number of nitrogens with two attached hydrogens (primary N) is 1. The van der Waals surface area contributed by atoms with Crippen LogP contribution in [0.5, 0.6) is 0 Å². The molecule has 1 amide bonds. The van der Waals surface area contributed by atoms with Crippen molar-refractivity contribution in [3.63, 3.8) is 0 Å². The molecule has 0 aliphatic carbocycles. The third kappa shape index (κ3) is 3.66. The van der Waals surface area contributed by atoms with Gasteiger partial charge in [-0.05, 0) is 24.9 Å². The molecule has 0 saturated carbocycles. The van der Waals surface area contributed by atoms with Gasteiger partial charge in [-0.3, -0.25) is 4.79 Å². The predicted molar refractivity (Wildman–Crippen MR) is 66.0 cm³/mol. The Hall–Kier alpha value is -1.35. The number of benzene rings is 1. The SMILES string of the molecule is Cc1ccc(C(NCC(C)C)C(N)=O)cc1. The summed E-state index contributed by atoms with van der Waals surface area (Å²) in [6, 6.07) is 7.48. The summed E-state index contributed by atoms with van der Waals surface area (Å²) >= 11 is 0. The third-order valence-corrected chi connectivity index (χ3v) is 2.43. The fourth-order valence-electron chi connectivity index (χ4n) is 1.50. The maximum atomic E-state index is 11.4. The number of amides is 1. The van der Waals surface area contributed by atoms with E-state index in [1.165, 1.54) is 5.56 Å². The van der Waals surface area contributed by atoms with E-state index in [0.29, 0.717) is 5.92 Å². The Balaban J connectivity index is 2.77. The monoisotopic (exact) mass is 220 g/mol. The van der Waals surface area contributed by atoms with Crippen LogP contribution < -0.4 is 11.1 Å². The Kier molecular flexibility index (Phi) is 4.50. The molecule has 1 aromatic carbocycles. The molecule has 88 valence electrons. The second-order valence-electron chi connectivity index (χ2n) is 4.55. The molecular formula is C13H20N2O. The summed E-state index contributed by atoms with van der Waals surface area (Å²) in [6.07, 6.45) is 0. The molecule has 3 N–H and O–H groups in total. The highest BCUT2D eigenvalue weighted by atomic mass is 16.1. The van der Waals surface area contributed by atoms with Crippen molar-refractivity contribution in [2.24, 2.45) is 11.7 Å². The maximum absolute atomic E-state index is 11.4. The van der Waals surface area contributed by atoms with Crippen LogP contribution in [-0.2, 0) is 4.79 Å². The van der Waals surface area contributed by atoms with Gasteiger partial charge in [-0.15, -0.1) is 0 Å². The zero-order chi connectivity index (χ0) is 12.1. The summed E-state index contributed by atoms with van der Waals surface area (Å²) in [5.74, 6) is 0.164. The number of rotatable bonds is 5. The minimum Gasteiger partial charge on any atom is -0.368 e. The van der Waals surface area contributed by atoms with E-state index in [9.17, 15) is 4.79 Å². The number of carbonyl (C=O) groups excluding carboxylic acids is 1. The van der Waals surface area contributed by atoms with E-state index in [1.54, 1.807) is 0 Å². The van der Waals surface area contributed by atoms with Crippen LogP contribution in [0.3, 0.4) is 0 Å². The van der Waals surface area contributed by atoms with Crippen molar-refractivity contribution in [2.75, 3.05) is 6.54 Å². The van der Waals surface area contributed by atoms with E-state index in [0.717, 1.165) is 12.1 Å². The summed E-state index contributed by atoms with van der Waals surface area (Å²) in [7, 11) is 0. The number of hydrogen-bond acceptors (Lipinski definition) is 2. The zero-order valence-corrected chi connectivity index (χ0v) is 10.2. The molecule has 1 atom stereocenters. The summed E-state index contributed by atoms with van der Waals surface area (Å²) in [4.78, 5) is 11.4. The van der Waals surface area contributed by atoms with E-state index < -0.39 is 0 Å². The molecule has 1 rings (SSSR count). The Labute approximate surface area is 97.0 Å². The van der Waals surface area contributed by atoms with Gasteiger partial charge in [-0.25, -0.2) is 0 Å². The van der Waals surface area contributed by atoms with Gasteiger partial charge in [0.05, 0.1) is 0 Å².